The van der Waals surface area contributed by atoms with Crippen LogP contribution >= 0.6 is 11.6 Å². The minimum Gasteiger partial charge on any atom is -0.394 e. The fraction of sp³-hybridized carbons (Fsp3) is 0.600. The maximum Gasteiger partial charge on any atom is 0.134 e. The zero-order valence-electron chi connectivity index (χ0n) is 9.37. The van der Waals surface area contributed by atoms with Gasteiger partial charge < -0.3 is 15.5 Å². The van der Waals surface area contributed by atoms with Gasteiger partial charge in [-0.3, -0.25) is 0 Å². The first-order valence-electron chi connectivity index (χ1n) is 5.06. The Balaban J connectivity index is 2.93. The minimum absolute atomic E-state index is 0.180. The molecule has 1 aromatic rings. The molecule has 0 aliphatic heterocycles. The van der Waals surface area contributed by atoms with Crippen molar-refractivity contribution in [2.75, 3.05) is 18.5 Å². The van der Waals surface area contributed by atoms with Crippen LogP contribution in [0.15, 0.2) is 6.07 Å². The van der Waals surface area contributed by atoms with E-state index in [0.717, 1.165) is 0 Å². The van der Waals surface area contributed by atoms with Gasteiger partial charge in [0.15, 0.2) is 0 Å². The van der Waals surface area contributed by atoms with E-state index in [0.29, 0.717) is 23.2 Å². The number of aliphatic hydroxyl groups excluding tert-OH is 2. The van der Waals surface area contributed by atoms with Gasteiger partial charge in [0, 0.05) is 6.07 Å². The van der Waals surface area contributed by atoms with E-state index in [1.165, 1.54) is 0 Å². The standard InChI is InChI=1S/C10H16ClN3O2/c1-3-10(5-15,6-16)14-9-4-8(11)12-7(2)13-9/h4,15-16H,3,5-6H2,1-2H3,(H,12,13,14). The molecule has 0 bridgehead atoms. The first kappa shape index (κ1) is 13.2. The number of nitrogens with zero attached hydrogens (tertiary/aromatic N) is 2. The third kappa shape index (κ3) is 3.04. The molecule has 1 rings (SSSR count). The molecule has 0 aliphatic carbocycles. The first-order valence-corrected chi connectivity index (χ1v) is 5.44. The fourth-order valence-electron chi connectivity index (χ4n) is 1.31. The largest absolute Gasteiger partial charge is 0.394 e. The number of aromatic nitrogens is 2. The summed E-state index contributed by atoms with van der Waals surface area (Å²) in [6.45, 7) is 3.24. The van der Waals surface area contributed by atoms with Crippen LogP contribution in [0.5, 0.6) is 0 Å². The molecular formula is C10H16ClN3O2. The van der Waals surface area contributed by atoms with Crippen LogP contribution in [-0.4, -0.2) is 38.9 Å². The number of hydrogen-bond acceptors (Lipinski definition) is 5. The lowest BCUT2D eigenvalue weighted by atomic mass is 9.98. The van der Waals surface area contributed by atoms with Gasteiger partial charge in [0.2, 0.25) is 0 Å². The molecule has 6 heteroatoms. The van der Waals surface area contributed by atoms with Crippen LogP contribution in [0.4, 0.5) is 5.82 Å². The van der Waals surface area contributed by atoms with Gasteiger partial charge in [0.25, 0.3) is 0 Å². The lowest BCUT2D eigenvalue weighted by molar-refractivity contribution is 0.132. The number of aryl methyl sites for hydroxylation is 1. The Morgan fingerprint density at radius 3 is 2.44 bits per heavy atom. The van der Waals surface area contributed by atoms with E-state index in [-0.39, 0.29) is 13.2 Å². The van der Waals surface area contributed by atoms with E-state index in [1.54, 1.807) is 13.0 Å². The van der Waals surface area contributed by atoms with Gasteiger partial charge in [-0.2, -0.15) is 0 Å². The van der Waals surface area contributed by atoms with E-state index >= 15 is 0 Å². The molecule has 0 spiro atoms. The van der Waals surface area contributed by atoms with Crippen LogP contribution < -0.4 is 5.32 Å². The number of rotatable bonds is 5. The van der Waals surface area contributed by atoms with Crippen molar-refractivity contribution in [1.82, 2.24) is 9.97 Å². The Labute approximate surface area is 99.5 Å². The summed E-state index contributed by atoms with van der Waals surface area (Å²) in [5, 5.41) is 21.9. The predicted octanol–water partition coefficient (Wildman–Crippen LogP) is 0.984. The van der Waals surface area contributed by atoms with Crippen molar-refractivity contribution in [2.45, 2.75) is 25.8 Å². The van der Waals surface area contributed by atoms with Crippen LogP contribution in [0.2, 0.25) is 5.15 Å². The molecule has 0 unspecified atom stereocenters. The highest BCUT2D eigenvalue weighted by Crippen LogP contribution is 2.18. The molecule has 3 N–H and O–H groups in total. The summed E-state index contributed by atoms with van der Waals surface area (Å²) in [5.41, 5.74) is -0.774. The third-order valence-electron chi connectivity index (χ3n) is 2.48. The van der Waals surface area contributed by atoms with E-state index < -0.39 is 5.54 Å². The average molecular weight is 246 g/mol. The van der Waals surface area contributed by atoms with Crippen molar-refractivity contribution >= 4 is 17.4 Å². The fourth-order valence-corrected chi connectivity index (χ4v) is 1.53. The molecule has 0 fully saturated rings. The Bertz CT molecular complexity index is 327. The van der Waals surface area contributed by atoms with Crippen molar-refractivity contribution in [3.05, 3.63) is 17.0 Å². The summed E-state index contributed by atoms with van der Waals surface area (Å²) < 4.78 is 0. The smallest absolute Gasteiger partial charge is 0.134 e. The topological polar surface area (TPSA) is 78.3 Å². The Kier molecular flexibility index (Phi) is 4.46. The summed E-state index contributed by atoms with van der Waals surface area (Å²) in [6, 6.07) is 1.56. The van der Waals surface area contributed by atoms with Crippen LogP contribution in [0.25, 0.3) is 0 Å². The highest BCUT2D eigenvalue weighted by Gasteiger charge is 2.26. The maximum absolute atomic E-state index is 9.28. The zero-order chi connectivity index (χ0) is 12.2. The van der Waals surface area contributed by atoms with Crippen LogP contribution in [0.1, 0.15) is 19.2 Å². The van der Waals surface area contributed by atoms with E-state index in [2.05, 4.69) is 15.3 Å². The second-order valence-corrected chi connectivity index (χ2v) is 4.09. The normalized spacial score (nSPS) is 11.6. The highest BCUT2D eigenvalue weighted by molar-refractivity contribution is 6.29. The van der Waals surface area contributed by atoms with Gasteiger partial charge >= 0.3 is 0 Å². The van der Waals surface area contributed by atoms with Gasteiger partial charge in [0.05, 0.1) is 18.8 Å². The summed E-state index contributed by atoms with van der Waals surface area (Å²) in [4.78, 5) is 8.06. The van der Waals surface area contributed by atoms with E-state index in [9.17, 15) is 10.2 Å². The molecule has 0 aliphatic rings. The quantitative estimate of drug-likeness (QED) is 0.674. The first-order chi connectivity index (χ1) is 7.55. The summed E-state index contributed by atoms with van der Waals surface area (Å²) in [6.07, 6.45) is 0.570. The molecule has 5 nitrogen and oxygen atoms in total. The SMILES string of the molecule is CCC(CO)(CO)Nc1cc(Cl)nc(C)n1. The predicted molar refractivity (Wildman–Crippen MR) is 62.6 cm³/mol. The monoisotopic (exact) mass is 245 g/mol. The molecular weight excluding hydrogens is 230 g/mol. The van der Waals surface area contributed by atoms with Gasteiger partial charge in [-0.15, -0.1) is 0 Å². The molecule has 0 amide bonds. The molecule has 0 saturated heterocycles. The number of anilines is 1. The average Bonchev–Trinajstić information content (AvgIpc) is 2.25. The molecule has 0 saturated carbocycles. The van der Waals surface area contributed by atoms with Crippen LogP contribution in [-0.2, 0) is 0 Å². The number of halogens is 1. The summed E-state index contributed by atoms with van der Waals surface area (Å²) in [7, 11) is 0. The second-order valence-electron chi connectivity index (χ2n) is 3.70. The lowest BCUT2D eigenvalue weighted by Crippen LogP contribution is -2.45. The lowest BCUT2D eigenvalue weighted by Gasteiger charge is -2.30. The molecule has 0 radical (unpaired) electrons. The van der Waals surface area contributed by atoms with Crippen molar-refractivity contribution in [2.24, 2.45) is 0 Å². The maximum atomic E-state index is 9.28. The highest BCUT2D eigenvalue weighted by atomic mass is 35.5. The van der Waals surface area contributed by atoms with Crippen molar-refractivity contribution < 1.29 is 10.2 Å². The number of nitrogens with one attached hydrogen (secondary N) is 1. The van der Waals surface area contributed by atoms with E-state index in [1.807, 2.05) is 6.92 Å². The van der Waals surface area contributed by atoms with Crippen molar-refractivity contribution in [1.29, 1.82) is 0 Å². The third-order valence-corrected chi connectivity index (χ3v) is 2.68. The molecule has 1 heterocycles. The van der Waals surface area contributed by atoms with Crippen molar-refractivity contribution in [3.63, 3.8) is 0 Å². The van der Waals surface area contributed by atoms with Gasteiger partial charge in [-0.25, -0.2) is 9.97 Å². The second kappa shape index (κ2) is 5.43. The Morgan fingerprint density at radius 2 is 2.00 bits per heavy atom. The zero-order valence-corrected chi connectivity index (χ0v) is 10.1. The van der Waals surface area contributed by atoms with Crippen LogP contribution in [0, 0.1) is 6.92 Å². The Morgan fingerprint density at radius 1 is 1.38 bits per heavy atom. The molecule has 90 valence electrons. The van der Waals surface area contributed by atoms with Crippen LogP contribution in [0.3, 0.4) is 0 Å². The Hall–Kier alpha value is -0.910. The molecule has 1 aromatic heterocycles. The van der Waals surface area contributed by atoms with Gasteiger partial charge in [-0.05, 0) is 13.3 Å². The molecule has 0 aromatic carbocycles. The van der Waals surface area contributed by atoms with Gasteiger partial charge in [0.1, 0.15) is 16.8 Å². The summed E-state index contributed by atoms with van der Waals surface area (Å²) >= 11 is 5.79. The van der Waals surface area contributed by atoms with Crippen molar-refractivity contribution in [3.8, 4) is 0 Å². The van der Waals surface area contributed by atoms with Gasteiger partial charge in [-0.1, -0.05) is 18.5 Å². The number of aliphatic hydroxyl groups is 2. The molecule has 0 atom stereocenters. The number of hydrogen-bond donors (Lipinski definition) is 3. The van der Waals surface area contributed by atoms with E-state index in [4.69, 9.17) is 11.6 Å². The minimum atomic E-state index is -0.774. The summed E-state index contributed by atoms with van der Waals surface area (Å²) in [5.74, 6) is 1.04. The molecule has 16 heavy (non-hydrogen) atoms.